The van der Waals surface area contributed by atoms with Crippen LogP contribution in [0.25, 0.3) is 0 Å². The summed E-state index contributed by atoms with van der Waals surface area (Å²) in [4.78, 5) is 34.3. The predicted octanol–water partition coefficient (Wildman–Crippen LogP) is 4.01. The Bertz CT molecular complexity index is 1220. The maximum Gasteiger partial charge on any atom is 0.266 e. The van der Waals surface area contributed by atoms with Gasteiger partial charge in [-0.1, -0.05) is 30.3 Å². The van der Waals surface area contributed by atoms with Crippen molar-refractivity contribution in [2.24, 2.45) is 5.92 Å². The number of carbonyl (C=O) groups is 2. The number of fused-ring (bicyclic) bond motifs is 1. The van der Waals surface area contributed by atoms with Crippen molar-refractivity contribution in [2.45, 2.75) is 19.1 Å². The van der Waals surface area contributed by atoms with E-state index in [-0.39, 0.29) is 5.91 Å². The van der Waals surface area contributed by atoms with Crippen LogP contribution in [0.3, 0.4) is 0 Å². The zero-order valence-corrected chi connectivity index (χ0v) is 17.9. The summed E-state index contributed by atoms with van der Waals surface area (Å²) in [6.45, 7) is 2.42. The van der Waals surface area contributed by atoms with Crippen LogP contribution < -0.4 is 14.7 Å². The molecule has 0 radical (unpaired) electrons. The maximum absolute atomic E-state index is 13.6. The average Bonchev–Trinajstić information content (AvgIpc) is 3.36. The highest BCUT2D eigenvalue weighted by molar-refractivity contribution is 6.23. The van der Waals surface area contributed by atoms with E-state index in [0.717, 1.165) is 11.3 Å². The predicted molar refractivity (Wildman–Crippen MR) is 121 cm³/mol. The summed E-state index contributed by atoms with van der Waals surface area (Å²) >= 11 is 0. The third kappa shape index (κ3) is 3.51. The van der Waals surface area contributed by atoms with Crippen molar-refractivity contribution >= 4 is 23.2 Å². The number of nitriles is 1. The first-order chi connectivity index (χ1) is 16.1. The number of anilines is 2. The number of para-hydroxylation sites is 1. The number of amides is 2. The fraction of sp³-hybridized carbons (Fsp3) is 0.192. The van der Waals surface area contributed by atoms with E-state index in [0.29, 0.717) is 23.6 Å². The van der Waals surface area contributed by atoms with Gasteiger partial charge in [-0.2, -0.15) is 5.26 Å². The lowest BCUT2D eigenvalue weighted by Gasteiger charge is -2.28. The Morgan fingerprint density at radius 1 is 0.909 bits per heavy atom. The fourth-order valence-electron chi connectivity index (χ4n) is 4.42. The van der Waals surface area contributed by atoms with Crippen LogP contribution in [0.2, 0.25) is 0 Å². The van der Waals surface area contributed by atoms with Gasteiger partial charge in [-0.3, -0.25) is 14.4 Å². The van der Waals surface area contributed by atoms with Crippen molar-refractivity contribution in [3.8, 4) is 11.8 Å². The van der Waals surface area contributed by atoms with Crippen LogP contribution in [0.15, 0.2) is 78.9 Å². The molecule has 164 valence electrons. The van der Waals surface area contributed by atoms with E-state index in [2.05, 4.69) is 6.07 Å². The van der Waals surface area contributed by atoms with Gasteiger partial charge in [0.2, 0.25) is 5.91 Å². The summed E-state index contributed by atoms with van der Waals surface area (Å²) in [5.41, 5.74) is 2.54. The van der Waals surface area contributed by atoms with Gasteiger partial charge in [-0.05, 0) is 61.0 Å². The third-order valence-electron chi connectivity index (χ3n) is 5.91. The summed E-state index contributed by atoms with van der Waals surface area (Å²) in [5, 5.41) is 10.8. The van der Waals surface area contributed by atoms with Crippen molar-refractivity contribution in [2.75, 3.05) is 16.6 Å². The van der Waals surface area contributed by atoms with Gasteiger partial charge in [0, 0.05) is 0 Å². The highest BCUT2D eigenvalue weighted by Crippen LogP contribution is 2.47. The lowest BCUT2D eigenvalue weighted by Crippen LogP contribution is -2.37. The molecule has 3 aromatic rings. The average molecular weight is 439 g/mol. The first-order valence-corrected chi connectivity index (χ1v) is 10.7. The standard InChI is InChI=1S/C26H21N3O4/c1-2-32-21-14-12-19(13-15-21)28-25(30)22-23(18-10-8-17(16-27)9-11-18)29(33-24(22)26(28)31)20-6-4-3-5-7-20/h3-15,22-24H,2H2,1H3/t22-,23+,24-/m0/s1. The molecular formula is C26H21N3O4. The van der Waals surface area contributed by atoms with E-state index in [1.54, 1.807) is 41.5 Å². The van der Waals surface area contributed by atoms with Crippen molar-refractivity contribution < 1.29 is 19.2 Å². The Hall–Kier alpha value is -4.15. The second-order valence-electron chi connectivity index (χ2n) is 7.83. The Kier molecular flexibility index (Phi) is 5.29. The van der Waals surface area contributed by atoms with Crippen LogP contribution in [0, 0.1) is 17.2 Å². The van der Waals surface area contributed by atoms with Gasteiger partial charge in [-0.15, -0.1) is 0 Å². The molecule has 0 N–H and O–H groups in total. The molecule has 2 aliphatic heterocycles. The van der Waals surface area contributed by atoms with E-state index < -0.39 is 24.0 Å². The van der Waals surface area contributed by atoms with Crippen LogP contribution in [-0.4, -0.2) is 24.5 Å². The zero-order valence-electron chi connectivity index (χ0n) is 17.9. The second-order valence-corrected chi connectivity index (χ2v) is 7.83. The van der Waals surface area contributed by atoms with Crippen molar-refractivity contribution in [3.63, 3.8) is 0 Å². The topological polar surface area (TPSA) is 82.9 Å². The van der Waals surface area contributed by atoms with E-state index in [1.165, 1.54) is 4.90 Å². The number of imide groups is 1. The molecule has 2 amide bonds. The molecule has 2 aliphatic rings. The molecule has 2 heterocycles. The molecule has 0 bridgehead atoms. The number of rotatable bonds is 5. The lowest BCUT2D eigenvalue weighted by atomic mass is 9.90. The number of benzene rings is 3. The fourth-order valence-corrected chi connectivity index (χ4v) is 4.42. The zero-order chi connectivity index (χ0) is 22.9. The molecule has 5 rings (SSSR count). The third-order valence-corrected chi connectivity index (χ3v) is 5.91. The maximum atomic E-state index is 13.6. The van der Waals surface area contributed by atoms with E-state index in [1.807, 2.05) is 49.4 Å². The molecule has 2 fully saturated rings. The quantitative estimate of drug-likeness (QED) is 0.559. The minimum absolute atomic E-state index is 0.318. The summed E-state index contributed by atoms with van der Waals surface area (Å²) < 4.78 is 5.47. The number of hydrogen-bond acceptors (Lipinski definition) is 6. The van der Waals surface area contributed by atoms with Gasteiger partial charge in [0.15, 0.2) is 6.10 Å². The first-order valence-electron chi connectivity index (χ1n) is 10.7. The molecule has 2 saturated heterocycles. The van der Waals surface area contributed by atoms with Crippen LogP contribution in [0.4, 0.5) is 11.4 Å². The Balaban J connectivity index is 1.53. The SMILES string of the molecule is CCOc1ccc(N2C(=O)[C@@H]3[C@H](ON(c4ccccc4)[C@@H]3c3ccc(C#N)cc3)C2=O)cc1. The molecule has 0 unspecified atom stereocenters. The summed E-state index contributed by atoms with van der Waals surface area (Å²) in [6.07, 6.45) is -0.940. The summed E-state index contributed by atoms with van der Waals surface area (Å²) in [5.74, 6) is -0.770. The van der Waals surface area contributed by atoms with Crippen molar-refractivity contribution in [3.05, 3.63) is 90.0 Å². The highest BCUT2D eigenvalue weighted by Gasteiger charge is 2.60. The summed E-state index contributed by atoms with van der Waals surface area (Å²) in [6, 6.07) is 24.9. The largest absolute Gasteiger partial charge is 0.494 e. The van der Waals surface area contributed by atoms with E-state index in [4.69, 9.17) is 14.8 Å². The molecule has 33 heavy (non-hydrogen) atoms. The molecule has 7 nitrogen and oxygen atoms in total. The Labute approximate surface area is 191 Å². The molecular weight excluding hydrogens is 418 g/mol. The molecule has 3 atom stereocenters. The lowest BCUT2D eigenvalue weighted by molar-refractivity contribution is -0.126. The van der Waals surface area contributed by atoms with Gasteiger partial charge in [-0.25, -0.2) is 9.96 Å². The highest BCUT2D eigenvalue weighted by atomic mass is 16.7. The van der Waals surface area contributed by atoms with Gasteiger partial charge in [0.1, 0.15) is 11.7 Å². The number of ether oxygens (including phenoxy) is 1. The number of hydrogen-bond donors (Lipinski definition) is 0. The van der Waals surface area contributed by atoms with Crippen LogP contribution in [0.1, 0.15) is 24.1 Å². The van der Waals surface area contributed by atoms with Crippen molar-refractivity contribution in [1.29, 1.82) is 5.26 Å². The number of hydroxylamine groups is 1. The van der Waals surface area contributed by atoms with Gasteiger partial charge in [0.25, 0.3) is 5.91 Å². The van der Waals surface area contributed by atoms with Gasteiger partial charge >= 0.3 is 0 Å². The summed E-state index contributed by atoms with van der Waals surface area (Å²) in [7, 11) is 0. The minimum atomic E-state index is -0.940. The normalized spacial score (nSPS) is 21.8. The van der Waals surface area contributed by atoms with Gasteiger partial charge < -0.3 is 4.74 Å². The number of nitrogens with zero attached hydrogens (tertiary/aromatic N) is 3. The van der Waals surface area contributed by atoms with Crippen LogP contribution >= 0.6 is 0 Å². The number of carbonyl (C=O) groups excluding carboxylic acids is 2. The minimum Gasteiger partial charge on any atom is -0.494 e. The van der Waals surface area contributed by atoms with Crippen LogP contribution in [-0.2, 0) is 14.4 Å². The molecule has 0 aliphatic carbocycles. The molecule has 3 aromatic carbocycles. The van der Waals surface area contributed by atoms with Gasteiger partial charge in [0.05, 0.1) is 35.7 Å². The smallest absolute Gasteiger partial charge is 0.266 e. The molecule has 0 saturated carbocycles. The molecule has 0 aromatic heterocycles. The Morgan fingerprint density at radius 2 is 1.61 bits per heavy atom. The van der Waals surface area contributed by atoms with E-state index >= 15 is 0 Å². The van der Waals surface area contributed by atoms with Crippen molar-refractivity contribution in [1.82, 2.24) is 0 Å². The molecule has 7 heteroatoms. The molecule has 0 spiro atoms. The van der Waals surface area contributed by atoms with E-state index in [9.17, 15) is 9.59 Å². The first kappa shape index (κ1) is 20.7. The Morgan fingerprint density at radius 3 is 2.24 bits per heavy atom. The van der Waals surface area contributed by atoms with Crippen LogP contribution in [0.5, 0.6) is 5.75 Å². The second kappa shape index (κ2) is 8.41. The monoisotopic (exact) mass is 439 g/mol.